The Morgan fingerprint density at radius 1 is 1.26 bits per heavy atom. The molecule has 0 aliphatic rings. The van der Waals surface area contributed by atoms with Gasteiger partial charge in [0.1, 0.15) is 11.9 Å². The largest absolute Gasteiger partial charge is 0.397 e. The highest BCUT2D eigenvalue weighted by Crippen LogP contribution is 2.24. The van der Waals surface area contributed by atoms with Crippen molar-refractivity contribution >= 4 is 11.3 Å². The SMILES string of the molecule is Cc1ccc(F)cc1/C(N)=C(/C#N)c1ccncc1. The molecule has 19 heavy (non-hydrogen) atoms. The molecule has 2 aromatic rings. The Hall–Kier alpha value is -2.67. The van der Waals surface area contributed by atoms with Crippen molar-refractivity contribution in [3.8, 4) is 6.07 Å². The molecule has 0 bridgehead atoms. The zero-order valence-corrected chi connectivity index (χ0v) is 10.4. The van der Waals surface area contributed by atoms with E-state index in [1.807, 2.05) is 6.92 Å². The van der Waals surface area contributed by atoms with E-state index in [9.17, 15) is 9.65 Å². The molecule has 3 nitrogen and oxygen atoms in total. The lowest BCUT2D eigenvalue weighted by molar-refractivity contribution is 0.627. The van der Waals surface area contributed by atoms with Gasteiger partial charge in [-0.1, -0.05) is 6.07 Å². The maximum Gasteiger partial charge on any atom is 0.123 e. The summed E-state index contributed by atoms with van der Waals surface area (Å²) < 4.78 is 13.3. The highest BCUT2D eigenvalue weighted by molar-refractivity contribution is 5.96. The zero-order chi connectivity index (χ0) is 13.8. The van der Waals surface area contributed by atoms with Crippen LogP contribution in [0.5, 0.6) is 0 Å². The molecule has 0 amide bonds. The summed E-state index contributed by atoms with van der Waals surface area (Å²) in [5.74, 6) is -0.379. The number of halogens is 1. The molecule has 1 heterocycles. The number of nitrogens with two attached hydrogens (primary N) is 1. The zero-order valence-electron chi connectivity index (χ0n) is 10.4. The third-order valence-corrected chi connectivity index (χ3v) is 2.84. The molecule has 0 atom stereocenters. The van der Waals surface area contributed by atoms with Gasteiger partial charge in [-0.25, -0.2) is 4.39 Å². The molecule has 0 fully saturated rings. The topological polar surface area (TPSA) is 62.7 Å². The monoisotopic (exact) mass is 253 g/mol. The van der Waals surface area contributed by atoms with Crippen LogP contribution in [-0.4, -0.2) is 4.98 Å². The Morgan fingerprint density at radius 2 is 1.95 bits per heavy atom. The van der Waals surface area contributed by atoms with Crippen LogP contribution >= 0.6 is 0 Å². The summed E-state index contributed by atoms with van der Waals surface area (Å²) in [5.41, 5.74) is 8.63. The van der Waals surface area contributed by atoms with Crippen LogP contribution in [0.1, 0.15) is 16.7 Å². The van der Waals surface area contributed by atoms with Gasteiger partial charge in [-0.15, -0.1) is 0 Å². The molecule has 2 N–H and O–H groups in total. The lowest BCUT2D eigenvalue weighted by Crippen LogP contribution is -2.03. The first-order valence-electron chi connectivity index (χ1n) is 5.70. The standard InChI is InChI=1S/C15H12FN3/c1-10-2-3-12(16)8-13(10)15(18)14(9-17)11-4-6-19-7-5-11/h2-8H,18H2,1H3/b15-14+. The fraction of sp³-hybridized carbons (Fsp3) is 0.0667. The van der Waals surface area contributed by atoms with Gasteiger partial charge in [0.05, 0.1) is 11.3 Å². The number of aryl methyl sites for hydroxylation is 1. The van der Waals surface area contributed by atoms with Gasteiger partial charge in [0.15, 0.2) is 0 Å². The minimum Gasteiger partial charge on any atom is -0.397 e. The van der Waals surface area contributed by atoms with Crippen LogP contribution in [0.25, 0.3) is 11.3 Å². The lowest BCUT2D eigenvalue weighted by Gasteiger charge is -2.09. The number of nitrogens with zero attached hydrogens (tertiary/aromatic N) is 2. The molecule has 0 saturated heterocycles. The maximum atomic E-state index is 13.3. The van der Waals surface area contributed by atoms with E-state index < -0.39 is 0 Å². The van der Waals surface area contributed by atoms with Crippen LogP contribution in [0.15, 0.2) is 42.7 Å². The Bertz CT molecular complexity index is 670. The number of rotatable bonds is 2. The summed E-state index contributed by atoms with van der Waals surface area (Å²) >= 11 is 0. The molecule has 0 aliphatic carbocycles. The van der Waals surface area contributed by atoms with Crippen LogP contribution in [0.4, 0.5) is 4.39 Å². The van der Waals surface area contributed by atoms with Crippen molar-refractivity contribution in [2.24, 2.45) is 5.73 Å². The maximum absolute atomic E-state index is 13.3. The fourth-order valence-electron chi connectivity index (χ4n) is 1.82. The van der Waals surface area contributed by atoms with Crippen molar-refractivity contribution in [1.82, 2.24) is 4.98 Å². The molecule has 0 unspecified atom stereocenters. The summed E-state index contributed by atoms with van der Waals surface area (Å²) in [6.45, 7) is 1.82. The average molecular weight is 253 g/mol. The van der Waals surface area contributed by atoms with Gasteiger partial charge in [-0.05, 0) is 42.3 Å². The summed E-state index contributed by atoms with van der Waals surface area (Å²) in [6.07, 6.45) is 3.16. The Morgan fingerprint density at radius 3 is 2.58 bits per heavy atom. The van der Waals surface area contributed by atoms with Crippen LogP contribution in [-0.2, 0) is 0 Å². The van der Waals surface area contributed by atoms with Crippen molar-refractivity contribution in [3.05, 3.63) is 65.2 Å². The number of allylic oxidation sites excluding steroid dienone is 1. The predicted molar refractivity (Wildman–Crippen MR) is 72.0 cm³/mol. The second-order valence-corrected chi connectivity index (χ2v) is 4.10. The van der Waals surface area contributed by atoms with E-state index in [2.05, 4.69) is 11.1 Å². The number of hydrogen-bond acceptors (Lipinski definition) is 3. The quantitative estimate of drug-likeness (QED) is 0.837. The normalized spacial score (nSPS) is 11.6. The van der Waals surface area contributed by atoms with Crippen molar-refractivity contribution < 1.29 is 4.39 Å². The van der Waals surface area contributed by atoms with Crippen molar-refractivity contribution in [2.45, 2.75) is 6.92 Å². The van der Waals surface area contributed by atoms with Crippen LogP contribution in [0, 0.1) is 24.1 Å². The first-order chi connectivity index (χ1) is 9.13. The second-order valence-electron chi connectivity index (χ2n) is 4.10. The van der Waals surface area contributed by atoms with Gasteiger partial charge in [0, 0.05) is 18.0 Å². The van der Waals surface area contributed by atoms with Gasteiger partial charge in [0.2, 0.25) is 0 Å². The summed E-state index contributed by atoms with van der Waals surface area (Å²) in [4.78, 5) is 3.89. The van der Waals surface area contributed by atoms with E-state index in [4.69, 9.17) is 5.73 Å². The van der Waals surface area contributed by atoms with E-state index in [1.54, 1.807) is 30.6 Å². The van der Waals surface area contributed by atoms with Crippen LogP contribution in [0.2, 0.25) is 0 Å². The molecule has 1 aromatic heterocycles. The summed E-state index contributed by atoms with van der Waals surface area (Å²) in [6, 6.07) is 9.80. The van der Waals surface area contributed by atoms with Crippen molar-refractivity contribution in [2.75, 3.05) is 0 Å². The second kappa shape index (κ2) is 5.32. The number of benzene rings is 1. The van der Waals surface area contributed by atoms with Crippen LogP contribution < -0.4 is 5.73 Å². The molecule has 0 radical (unpaired) electrons. The molecular weight excluding hydrogens is 241 g/mol. The molecule has 1 aromatic carbocycles. The van der Waals surface area contributed by atoms with Crippen molar-refractivity contribution in [1.29, 1.82) is 5.26 Å². The Balaban J connectivity index is 2.62. The number of aromatic nitrogens is 1. The van der Waals surface area contributed by atoms with Gasteiger partial charge in [-0.2, -0.15) is 5.26 Å². The minimum absolute atomic E-state index is 0.269. The summed E-state index contributed by atoms with van der Waals surface area (Å²) in [7, 11) is 0. The van der Waals surface area contributed by atoms with Gasteiger partial charge >= 0.3 is 0 Å². The van der Waals surface area contributed by atoms with Crippen molar-refractivity contribution in [3.63, 3.8) is 0 Å². The Labute approximate surface area is 110 Å². The predicted octanol–water partition coefficient (Wildman–Crippen LogP) is 2.88. The van der Waals surface area contributed by atoms with E-state index in [-0.39, 0.29) is 11.5 Å². The number of nitriles is 1. The molecule has 0 aliphatic heterocycles. The van der Waals surface area contributed by atoms with Gasteiger partial charge in [0.25, 0.3) is 0 Å². The smallest absolute Gasteiger partial charge is 0.123 e. The number of hydrogen-bond donors (Lipinski definition) is 1. The summed E-state index contributed by atoms with van der Waals surface area (Å²) in [5, 5.41) is 9.27. The van der Waals surface area contributed by atoms with Gasteiger partial charge < -0.3 is 5.73 Å². The van der Waals surface area contributed by atoms with Gasteiger partial charge in [-0.3, -0.25) is 4.98 Å². The van der Waals surface area contributed by atoms with E-state index in [0.29, 0.717) is 16.7 Å². The average Bonchev–Trinajstić information content (AvgIpc) is 2.43. The first-order valence-corrected chi connectivity index (χ1v) is 5.70. The van der Waals surface area contributed by atoms with E-state index in [0.717, 1.165) is 5.56 Å². The van der Waals surface area contributed by atoms with Crippen LogP contribution in [0.3, 0.4) is 0 Å². The number of pyridine rings is 1. The molecule has 0 spiro atoms. The minimum atomic E-state index is -0.379. The first kappa shape index (κ1) is 12.8. The molecule has 0 saturated carbocycles. The third kappa shape index (κ3) is 2.61. The highest BCUT2D eigenvalue weighted by atomic mass is 19.1. The Kier molecular flexibility index (Phi) is 3.58. The molecule has 2 rings (SSSR count). The molecular formula is C15H12FN3. The third-order valence-electron chi connectivity index (χ3n) is 2.84. The van der Waals surface area contributed by atoms with E-state index >= 15 is 0 Å². The molecule has 4 heteroatoms. The highest BCUT2D eigenvalue weighted by Gasteiger charge is 2.11. The van der Waals surface area contributed by atoms with E-state index in [1.165, 1.54) is 12.1 Å². The lowest BCUT2D eigenvalue weighted by atomic mass is 9.98. The molecule has 94 valence electrons. The fourth-order valence-corrected chi connectivity index (χ4v) is 1.82.